The van der Waals surface area contributed by atoms with Gasteiger partial charge in [-0.15, -0.1) is 0 Å². The quantitative estimate of drug-likeness (QED) is 0.476. The predicted molar refractivity (Wildman–Crippen MR) is 120 cm³/mol. The van der Waals surface area contributed by atoms with Crippen LogP contribution in [0, 0.1) is 28.6 Å². The van der Waals surface area contributed by atoms with Gasteiger partial charge in [-0.25, -0.2) is 0 Å². The molecule has 1 N–H and O–H groups in total. The third-order valence-corrected chi connectivity index (χ3v) is 9.22. The molecule has 3 fully saturated rings. The summed E-state index contributed by atoms with van der Waals surface area (Å²) in [6.45, 7) is 6.73. The maximum absolute atomic E-state index is 12.9. The molecule has 4 aliphatic carbocycles. The van der Waals surface area contributed by atoms with E-state index in [1.54, 1.807) is 13.0 Å². The van der Waals surface area contributed by atoms with Crippen molar-refractivity contribution in [3.63, 3.8) is 0 Å². The molecule has 0 aromatic rings. The maximum atomic E-state index is 12.9. The van der Waals surface area contributed by atoms with Gasteiger partial charge in [0, 0.05) is 37.0 Å². The molecule has 8 nitrogen and oxygen atoms in total. The third kappa shape index (κ3) is 3.69. The summed E-state index contributed by atoms with van der Waals surface area (Å²) in [5, 5.41) is 12.3. The van der Waals surface area contributed by atoms with Crippen molar-refractivity contribution in [2.75, 3.05) is 13.2 Å². The highest BCUT2D eigenvalue weighted by atomic mass is 16.5. The molecule has 4 aliphatic rings. The van der Waals surface area contributed by atoms with Gasteiger partial charge in [0.1, 0.15) is 12.7 Å². The van der Waals surface area contributed by atoms with E-state index in [9.17, 15) is 24.3 Å². The molecular weight excluding hydrogens is 440 g/mol. The minimum atomic E-state index is -1.16. The van der Waals surface area contributed by atoms with E-state index in [0.29, 0.717) is 44.9 Å². The lowest BCUT2D eigenvalue weighted by Crippen LogP contribution is -2.67. The molecule has 0 radical (unpaired) electrons. The number of rotatable bonds is 5. The number of carbonyl (C=O) groups excluding carboxylic acids is 4. The number of hydrogen-bond donors (Lipinski definition) is 1. The van der Waals surface area contributed by atoms with Gasteiger partial charge in [-0.1, -0.05) is 12.5 Å². The summed E-state index contributed by atoms with van der Waals surface area (Å²) in [4.78, 5) is 49.3. The molecule has 4 rings (SSSR count). The van der Waals surface area contributed by atoms with Crippen molar-refractivity contribution in [1.82, 2.24) is 0 Å². The predicted octanol–water partition coefficient (Wildman–Crippen LogP) is 2.90. The molecule has 0 heterocycles. The molecule has 0 amide bonds. The van der Waals surface area contributed by atoms with Crippen molar-refractivity contribution < 1.29 is 38.5 Å². The summed E-state index contributed by atoms with van der Waals surface area (Å²) in [6, 6.07) is 0. The molecule has 188 valence electrons. The fourth-order valence-corrected chi connectivity index (χ4v) is 7.83. The van der Waals surface area contributed by atoms with Crippen LogP contribution in [0.4, 0.5) is 0 Å². The largest absolute Gasteiger partial charge is 0.466 e. The number of fused-ring (bicyclic) bond motifs is 5. The van der Waals surface area contributed by atoms with Crippen LogP contribution < -0.4 is 0 Å². The first-order valence-electron chi connectivity index (χ1n) is 12.4. The van der Waals surface area contributed by atoms with Gasteiger partial charge >= 0.3 is 17.9 Å². The number of esters is 3. The molecule has 34 heavy (non-hydrogen) atoms. The van der Waals surface area contributed by atoms with Gasteiger partial charge < -0.3 is 19.3 Å². The van der Waals surface area contributed by atoms with Gasteiger partial charge in [-0.2, -0.15) is 0 Å². The Kier molecular flexibility index (Phi) is 6.42. The van der Waals surface area contributed by atoms with Gasteiger partial charge in [0.05, 0.1) is 18.1 Å². The lowest BCUT2D eigenvalue weighted by Gasteiger charge is -2.63. The summed E-state index contributed by atoms with van der Waals surface area (Å²) < 4.78 is 16.8. The molecular formula is C26H36O8. The van der Waals surface area contributed by atoms with Crippen LogP contribution in [0.3, 0.4) is 0 Å². The number of carbonyl (C=O) groups is 4. The SMILES string of the molecule is CCOC(=O)[C@H]1CC[C@@]2(O)[C@@H]3CCC4=CC(=O)CC[C@]4(COC(C)=O)[C@H]3[C@H](OC(C)=O)C[C@]12C. The molecule has 8 heteroatoms. The Bertz CT molecular complexity index is 924. The van der Waals surface area contributed by atoms with Gasteiger partial charge in [0.15, 0.2) is 5.78 Å². The summed E-state index contributed by atoms with van der Waals surface area (Å²) in [7, 11) is 0. The Morgan fingerprint density at radius 3 is 2.47 bits per heavy atom. The van der Waals surface area contributed by atoms with Crippen molar-refractivity contribution in [3.05, 3.63) is 11.6 Å². The Hall–Kier alpha value is -2.22. The second-order valence-electron chi connectivity index (χ2n) is 10.8. The molecule has 0 aromatic carbocycles. The molecule has 0 saturated heterocycles. The van der Waals surface area contributed by atoms with Crippen molar-refractivity contribution in [1.29, 1.82) is 0 Å². The fourth-order valence-electron chi connectivity index (χ4n) is 7.83. The molecule has 0 bridgehead atoms. The average Bonchev–Trinajstić information content (AvgIpc) is 3.03. The third-order valence-electron chi connectivity index (χ3n) is 9.22. The number of aliphatic hydroxyl groups is 1. The van der Waals surface area contributed by atoms with Crippen LogP contribution in [0.15, 0.2) is 11.6 Å². The van der Waals surface area contributed by atoms with E-state index < -0.39 is 40.4 Å². The lowest BCUT2D eigenvalue weighted by atomic mass is 9.44. The van der Waals surface area contributed by atoms with Crippen LogP contribution in [-0.2, 0) is 33.4 Å². The number of hydrogen-bond acceptors (Lipinski definition) is 8. The monoisotopic (exact) mass is 476 g/mol. The minimum Gasteiger partial charge on any atom is -0.466 e. The Morgan fingerprint density at radius 1 is 1.09 bits per heavy atom. The Morgan fingerprint density at radius 2 is 1.82 bits per heavy atom. The summed E-state index contributed by atoms with van der Waals surface area (Å²) >= 11 is 0. The van der Waals surface area contributed by atoms with Crippen molar-refractivity contribution in [3.8, 4) is 0 Å². The summed E-state index contributed by atoms with van der Waals surface area (Å²) in [5.41, 5.74) is -1.77. The van der Waals surface area contributed by atoms with E-state index in [1.807, 2.05) is 6.92 Å². The van der Waals surface area contributed by atoms with E-state index in [0.717, 1.165) is 5.57 Å². The Balaban J connectivity index is 1.82. The van der Waals surface area contributed by atoms with Crippen LogP contribution in [0.2, 0.25) is 0 Å². The van der Waals surface area contributed by atoms with Crippen LogP contribution in [0.1, 0.15) is 72.6 Å². The van der Waals surface area contributed by atoms with Crippen molar-refractivity contribution >= 4 is 23.7 Å². The summed E-state index contributed by atoms with van der Waals surface area (Å²) in [5.74, 6) is -2.24. The first-order chi connectivity index (χ1) is 16.0. The van der Waals surface area contributed by atoms with Crippen LogP contribution >= 0.6 is 0 Å². The van der Waals surface area contributed by atoms with Crippen LogP contribution in [0.25, 0.3) is 0 Å². The van der Waals surface area contributed by atoms with Gasteiger partial charge in [0.25, 0.3) is 0 Å². The van der Waals surface area contributed by atoms with Crippen molar-refractivity contribution in [2.45, 2.75) is 84.3 Å². The normalized spacial score (nSPS) is 40.9. The Labute approximate surface area is 200 Å². The molecule has 0 aliphatic heterocycles. The van der Waals surface area contributed by atoms with Gasteiger partial charge in [0.2, 0.25) is 0 Å². The minimum absolute atomic E-state index is 0.0403. The number of ether oxygens (including phenoxy) is 3. The van der Waals surface area contributed by atoms with Crippen LogP contribution in [0.5, 0.6) is 0 Å². The van der Waals surface area contributed by atoms with Crippen molar-refractivity contribution in [2.24, 2.45) is 28.6 Å². The highest BCUT2D eigenvalue weighted by Gasteiger charge is 2.72. The smallest absolute Gasteiger partial charge is 0.309 e. The maximum Gasteiger partial charge on any atom is 0.309 e. The van der Waals surface area contributed by atoms with E-state index in [-0.39, 0.29) is 36.8 Å². The molecule has 3 saturated carbocycles. The zero-order valence-electron chi connectivity index (χ0n) is 20.6. The molecule has 0 aromatic heterocycles. The second-order valence-corrected chi connectivity index (χ2v) is 10.8. The second kappa shape index (κ2) is 8.77. The van der Waals surface area contributed by atoms with E-state index in [1.165, 1.54) is 13.8 Å². The van der Waals surface area contributed by atoms with E-state index >= 15 is 0 Å². The fraction of sp³-hybridized carbons (Fsp3) is 0.769. The first-order valence-corrected chi connectivity index (χ1v) is 12.4. The van der Waals surface area contributed by atoms with Gasteiger partial charge in [-0.3, -0.25) is 19.2 Å². The summed E-state index contributed by atoms with van der Waals surface area (Å²) in [6.07, 6.45) is 4.30. The topological polar surface area (TPSA) is 116 Å². The van der Waals surface area contributed by atoms with Gasteiger partial charge in [-0.05, 0) is 57.4 Å². The first kappa shape index (κ1) is 24.9. The van der Waals surface area contributed by atoms with E-state index in [4.69, 9.17) is 14.2 Å². The molecule has 0 unspecified atom stereocenters. The van der Waals surface area contributed by atoms with Crippen LogP contribution in [-0.4, -0.2) is 53.7 Å². The molecule has 7 atom stereocenters. The van der Waals surface area contributed by atoms with E-state index in [2.05, 4.69) is 0 Å². The lowest BCUT2D eigenvalue weighted by molar-refractivity contribution is -0.235. The highest BCUT2D eigenvalue weighted by Crippen LogP contribution is 2.69. The number of ketones is 1. The highest BCUT2D eigenvalue weighted by molar-refractivity contribution is 5.91. The standard InChI is InChI=1S/C26H36O8/c1-5-32-23(30)20-9-11-26(31)19-7-6-17-12-18(29)8-10-25(17,14-33-15(2)27)22(19)21(34-16(3)28)13-24(20,26)4/h12,19-22,31H,5-11,13-14H2,1-4H3/t19-,20-,21-,22-,24-,25-,26-/m1/s1. The zero-order valence-corrected chi connectivity index (χ0v) is 20.6. The zero-order chi connectivity index (χ0) is 24.9. The molecule has 0 spiro atoms. The average molecular weight is 477 g/mol.